The maximum Gasteiger partial charge on any atom is 0.162 e. The number of rotatable bonds is 4. The third-order valence-corrected chi connectivity index (χ3v) is 5.42. The summed E-state index contributed by atoms with van der Waals surface area (Å²) in [4.78, 5) is 2.32. The van der Waals surface area contributed by atoms with Crippen molar-refractivity contribution in [3.63, 3.8) is 0 Å². The summed E-state index contributed by atoms with van der Waals surface area (Å²) in [6.45, 7) is 5.05. The molecule has 1 fully saturated rings. The number of aromatic nitrogens is 2. The number of benzene rings is 2. The maximum atomic E-state index is 5.78. The summed E-state index contributed by atoms with van der Waals surface area (Å²) >= 11 is 0. The molecule has 1 saturated heterocycles. The van der Waals surface area contributed by atoms with Crippen LogP contribution < -0.4 is 9.47 Å². The summed E-state index contributed by atoms with van der Waals surface area (Å²) in [6, 6.07) is 16.1. The van der Waals surface area contributed by atoms with Gasteiger partial charge in [0.1, 0.15) is 18.9 Å². The first-order valence-corrected chi connectivity index (χ1v) is 10.3. The van der Waals surface area contributed by atoms with E-state index in [1.807, 2.05) is 65.6 Å². The van der Waals surface area contributed by atoms with Crippen LogP contribution in [0.3, 0.4) is 0 Å². The molecule has 1 aromatic heterocycles. The molecular formula is C23H25N5O2. The predicted octanol–water partition coefficient (Wildman–Crippen LogP) is 2.89. The summed E-state index contributed by atoms with van der Waals surface area (Å²) < 4.78 is 13.3. The fraction of sp³-hybridized carbons (Fsp3) is 0.304. The number of piperazine rings is 1. The zero-order chi connectivity index (χ0) is 20.3. The van der Waals surface area contributed by atoms with Crippen LogP contribution in [-0.4, -0.2) is 72.3 Å². The Balaban J connectivity index is 1.51. The van der Waals surface area contributed by atoms with Crippen molar-refractivity contribution in [3.05, 3.63) is 60.3 Å². The van der Waals surface area contributed by atoms with Crippen LogP contribution in [0.2, 0.25) is 0 Å². The van der Waals surface area contributed by atoms with Crippen molar-refractivity contribution >= 4 is 6.21 Å². The molecule has 3 heterocycles. The van der Waals surface area contributed by atoms with Crippen molar-refractivity contribution in [1.82, 2.24) is 19.7 Å². The van der Waals surface area contributed by atoms with E-state index in [1.54, 1.807) is 0 Å². The molecule has 0 N–H and O–H groups in total. The van der Waals surface area contributed by atoms with E-state index in [1.165, 1.54) is 0 Å². The minimum Gasteiger partial charge on any atom is -0.486 e. The van der Waals surface area contributed by atoms with Gasteiger partial charge in [-0.3, -0.25) is 5.01 Å². The Hall–Kier alpha value is -3.32. The summed E-state index contributed by atoms with van der Waals surface area (Å²) in [7, 11) is 2.14. The minimum absolute atomic E-state index is 0.562. The van der Waals surface area contributed by atoms with Crippen molar-refractivity contribution in [2.45, 2.75) is 0 Å². The molecule has 0 unspecified atom stereocenters. The highest BCUT2D eigenvalue weighted by Crippen LogP contribution is 2.35. The fourth-order valence-corrected chi connectivity index (χ4v) is 3.66. The maximum absolute atomic E-state index is 5.78. The van der Waals surface area contributed by atoms with E-state index >= 15 is 0 Å². The van der Waals surface area contributed by atoms with Gasteiger partial charge in [-0.15, -0.1) is 0 Å². The molecule has 0 amide bonds. The summed E-state index contributed by atoms with van der Waals surface area (Å²) in [5, 5.41) is 11.7. The van der Waals surface area contributed by atoms with Gasteiger partial charge in [0.15, 0.2) is 11.5 Å². The first-order chi connectivity index (χ1) is 14.8. The van der Waals surface area contributed by atoms with E-state index in [4.69, 9.17) is 19.7 Å². The second-order valence-electron chi connectivity index (χ2n) is 7.57. The lowest BCUT2D eigenvalue weighted by molar-refractivity contribution is 0.159. The zero-order valence-corrected chi connectivity index (χ0v) is 17.1. The smallest absolute Gasteiger partial charge is 0.162 e. The average molecular weight is 403 g/mol. The molecular weight excluding hydrogens is 378 g/mol. The van der Waals surface area contributed by atoms with Gasteiger partial charge in [-0.2, -0.15) is 10.2 Å². The quantitative estimate of drug-likeness (QED) is 0.627. The predicted molar refractivity (Wildman–Crippen MR) is 117 cm³/mol. The second-order valence-corrected chi connectivity index (χ2v) is 7.57. The van der Waals surface area contributed by atoms with E-state index in [-0.39, 0.29) is 0 Å². The molecule has 30 heavy (non-hydrogen) atoms. The van der Waals surface area contributed by atoms with Crippen molar-refractivity contribution in [2.24, 2.45) is 5.10 Å². The Bertz CT molecular complexity index is 1040. The number of fused-ring (bicyclic) bond motifs is 1. The van der Waals surface area contributed by atoms with Crippen LogP contribution >= 0.6 is 0 Å². The molecule has 5 rings (SSSR count). The number of para-hydroxylation sites is 1. The number of hydrogen-bond donors (Lipinski definition) is 0. The van der Waals surface area contributed by atoms with Crippen LogP contribution in [0.4, 0.5) is 0 Å². The van der Waals surface area contributed by atoms with Gasteiger partial charge in [0.25, 0.3) is 0 Å². The SMILES string of the molecule is CN1CCN(N=Cc2cn(-c3ccccc3)nc2-c2ccc3c(c2)OCCO3)CC1. The minimum atomic E-state index is 0.562. The summed E-state index contributed by atoms with van der Waals surface area (Å²) in [5.41, 5.74) is 3.83. The fourth-order valence-electron chi connectivity index (χ4n) is 3.66. The average Bonchev–Trinajstić information content (AvgIpc) is 3.23. The Morgan fingerprint density at radius 1 is 0.933 bits per heavy atom. The number of hydrogen-bond acceptors (Lipinski definition) is 6. The van der Waals surface area contributed by atoms with E-state index < -0.39 is 0 Å². The summed E-state index contributed by atoms with van der Waals surface area (Å²) in [6.07, 6.45) is 3.95. The number of ether oxygens (including phenoxy) is 2. The molecule has 2 aromatic carbocycles. The van der Waals surface area contributed by atoms with Gasteiger partial charge >= 0.3 is 0 Å². The molecule has 0 aliphatic carbocycles. The van der Waals surface area contributed by atoms with E-state index in [9.17, 15) is 0 Å². The highest BCUT2D eigenvalue weighted by atomic mass is 16.6. The van der Waals surface area contributed by atoms with Crippen LogP contribution in [0.15, 0.2) is 59.8 Å². The van der Waals surface area contributed by atoms with Crippen molar-refractivity contribution < 1.29 is 9.47 Å². The van der Waals surface area contributed by atoms with Crippen LogP contribution in [0.5, 0.6) is 11.5 Å². The third kappa shape index (κ3) is 3.89. The van der Waals surface area contributed by atoms with Gasteiger partial charge in [-0.1, -0.05) is 18.2 Å². The van der Waals surface area contributed by atoms with Crippen molar-refractivity contribution in [3.8, 4) is 28.4 Å². The largest absolute Gasteiger partial charge is 0.486 e. The Morgan fingerprint density at radius 3 is 2.50 bits per heavy atom. The molecule has 0 spiro atoms. The van der Waals surface area contributed by atoms with Gasteiger partial charge in [0, 0.05) is 43.5 Å². The first-order valence-electron chi connectivity index (χ1n) is 10.3. The Morgan fingerprint density at radius 2 is 1.70 bits per heavy atom. The summed E-state index contributed by atoms with van der Waals surface area (Å²) in [5.74, 6) is 1.54. The van der Waals surface area contributed by atoms with Crippen LogP contribution in [-0.2, 0) is 0 Å². The lowest BCUT2D eigenvalue weighted by Gasteiger charge is -2.30. The molecule has 2 aliphatic heterocycles. The highest BCUT2D eigenvalue weighted by Gasteiger charge is 2.17. The standard InChI is InChI=1S/C23H25N5O2/c1-26-9-11-27(12-10-26)24-16-19-17-28(20-5-3-2-4-6-20)25-23(19)18-7-8-21-22(15-18)30-14-13-29-21/h2-8,15-17H,9-14H2,1H3. The Kier molecular flexibility index (Phi) is 5.11. The lowest BCUT2D eigenvalue weighted by Crippen LogP contribution is -2.41. The molecule has 2 aliphatic rings. The molecule has 0 saturated carbocycles. The van der Waals surface area contributed by atoms with Gasteiger partial charge in [-0.25, -0.2) is 4.68 Å². The second kappa shape index (κ2) is 8.20. The Labute approximate surface area is 176 Å². The molecule has 3 aromatic rings. The van der Waals surface area contributed by atoms with Crippen LogP contribution in [0, 0.1) is 0 Å². The topological polar surface area (TPSA) is 55.1 Å². The van der Waals surface area contributed by atoms with Crippen LogP contribution in [0.25, 0.3) is 16.9 Å². The normalized spacial score (nSPS) is 16.9. The van der Waals surface area contributed by atoms with Crippen molar-refractivity contribution in [1.29, 1.82) is 0 Å². The van der Waals surface area contributed by atoms with Gasteiger partial charge < -0.3 is 14.4 Å². The van der Waals surface area contributed by atoms with Gasteiger partial charge in [0.05, 0.1) is 11.9 Å². The molecule has 0 bridgehead atoms. The highest BCUT2D eigenvalue weighted by molar-refractivity contribution is 5.89. The van der Waals surface area contributed by atoms with E-state index in [0.717, 1.165) is 60.2 Å². The first kappa shape index (κ1) is 18.7. The van der Waals surface area contributed by atoms with E-state index in [2.05, 4.69) is 17.0 Å². The number of hydrazone groups is 1. The van der Waals surface area contributed by atoms with E-state index in [0.29, 0.717) is 13.2 Å². The van der Waals surface area contributed by atoms with Crippen molar-refractivity contribution in [2.75, 3.05) is 46.4 Å². The molecule has 7 nitrogen and oxygen atoms in total. The van der Waals surface area contributed by atoms with Gasteiger partial charge in [0.2, 0.25) is 0 Å². The molecule has 154 valence electrons. The number of likely N-dealkylation sites (N-methyl/N-ethyl adjacent to an activating group) is 1. The molecule has 0 radical (unpaired) electrons. The zero-order valence-electron chi connectivity index (χ0n) is 17.1. The van der Waals surface area contributed by atoms with Gasteiger partial charge in [-0.05, 0) is 37.4 Å². The number of nitrogens with zero attached hydrogens (tertiary/aromatic N) is 5. The lowest BCUT2D eigenvalue weighted by atomic mass is 10.1. The monoisotopic (exact) mass is 403 g/mol. The van der Waals surface area contributed by atoms with Crippen LogP contribution in [0.1, 0.15) is 5.56 Å². The molecule has 0 atom stereocenters. The third-order valence-electron chi connectivity index (χ3n) is 5.42. The molecule has 7 heteroatoms.